The Morgan fingerprint density at radius 2 is 1.86 bits per heavy atom. The van der Waals surface area contributed by atoms with Crippen molar-refractivity contribution in [3.8, 4) is 0 Å². The molecule has 0 rings (SSSR count). The Morgan fingerprint density at radius 1 is 1.29 bits per heavy atom. The summed E-state index contributed by atoms with van der Waals surface area (Å²) >= 11 is 0. The summed E-state index contributed by atoms with van der Waals surface area (Å²) in [5, 5.41) is 3.18. The van der Waals surface area contributed by atoms with Gasteiger partial charge in [-0.25, -0.2) is 0 Å². The van der Waals surface area contributed by atoms with Crippen LogP contribution in [0.5, 0.6) is 0 Å². The van der Waals surface area contributed by atoms with E-state index in [1.54, 1.807) is 0 Å². The molecule has 0 bridgehead atoms. The van der Waals surface area contributed by atoms with Gasteiger partial charge >= 0.3 is 0 Å². The molecule has 0 fully saturated rings. The summed E-state index contributed by atoms with van der Waals surface area (Å²) in [6, 6.07) is 0. The van der Waals surface area contributed by atoms with Crippen LogP contribution in [-0.2, 0) is 4.74 Å². The van der Waals surface area contributed by atoms with Gasteiger partial charge in [0.25, 0.3) is 0 Å². The second-order valence-corrected chi connectivity index (χ2v) is 5.10. The molecule has 1 atom stereocenters. The van der Waals surface area contributed by atoms with Crippen molar-refractivity contribution in [2.24, 2.45) is 5.41 Å². The van der Waals surface area contributed by atoms with Gasteiger partial charge < -0.3 is 10.1 Å². The van der Waals surface area contributed by atoms with Crippen molar-refractivity contribution >= 4 is 0 Å². The monoisotopic (exact) mass is 199 g/mol. The van der Waals surface area contributed by atoms with Crippen LogP contribution in [0.25, 0.3) is 0 Å². The van der Waals surface area contributed by atoms with Crippen LogP contribution in [0, 0.1) is 5.41 Å². The first-order valence-corrected chi connectivity index (χ1v) is 5.25. The lowest BCUT2D eigenvalue weighted by Crippen LogP contribution is -2.30. The first-order valence-electron chi connectivity index (χ1n) is 5.25. The van der Waals surface area contributed by atoms with Crippen LogP contribution in [0.2, 0.25) is 0 Å². The second kappa shape index (κ2) is 5.52. The third-order valence-corrected chi connectivity index (χ3v) is 2.28. The molecule has 0 aliphatic heterocycles. The molecule has 14 heavy (non-hydrogen) atoms. The molecule has 0 heterocycles. The van der Waals surface area contributed by atoms with Crippen molar-refractivity contribution in [2.45, 2.75) is 39.7 Å². The standard InChI is InChI=1S/C12H25NO/c1-7-12(5,10-13-6)8-9-14-11(2,3)4/h7,13H,1,8-10H2,2-6H3. The highest BCUT2D eigenvalue weighted by Gasteiger charge is 2.20. The Hall–Kier alpha value is -0.340. The Balaban J connectivity index is 3.90. The number of hydrogen-bond acceptors (Lipinski definition) is 2. The first kappa shape index (κ1) is 13.7. The Kier molecular flexibility index (Phi) is 5.38. The molecule has 0 saturated heterocycles. The fraction of sp³-hybridized carbons (Fsp3) is 0.833. The van der Waals surface area contributed by atoms with Crippen LogP contribution in [0.1, 0.15) is 34.1 Å². The van der Waals surface area contributed by atoms with Crippen molar-refractivity contribution in [3.63, 3.8) is 0 Å². The number of rotatable bonds is 6. The molecule has 0 aromatic rings. The van der Waals surface area contributed by atoms with E-state index in [1.165, 1.54) is 0 Å². The van der Waals surface area contributed by atoms with Gasteiger partial charge in [0, 0.05) is 13.2 Å². The molecule has 0 aromatic heterocycles. The van der Waals surface area contributed by atoms with E-state index in [2.05, 4.69) is 39.6 Å². The van der Waals surface area contributed by atoms with Gasteiger partial charge in [-0.05, 0) is 39.7 Å². The third-order valence-electron chi connectivity index (χ3n) is 2.28. The highest BCUT2D eigenvalue weighted by molar-refractivity contribution is 4.92. The molecule has 1 N–H and O–H groups in total. The largest absolute Gasteiger partial charge is 0.376 e. The molecule has 0 aliphatic rings. The smallest absolute Gasteiger partial charge is 0.0598 e. The third kappa shape index (κ3) is 6.17. The molecule has 0 spiro atoms. The van der Waals surface area contributed by atoms with E-state index in [-0.39, 0.29) is 11.0 Å². The van der Waals surface area contributed by atoms with E-state index in [1.807, 2.05) is 13.1 Å². The Morgan fingerprint density at radius 3 is 2.21 bits per heavy atom. The molecule has 84 valence electrons. The predicted octanol–water partition coefficient (Wildman–Crippen LogP) is 2.60. The Labute approximate surface area is 88.7 Å². The van der Waals surface area contributed by atoms with Crippen molar-refractivity contribution in [2.75, 3.05) is 20.2 Å². The number of nitrogens with one attached hydrogen (secondary N) is 1. The minimum atomic E-state index is -0.0400. The molecule has 0 saturated carbocycles. The van der Waals surface area contributed by atoms with Gasteiger partial charge in [0.2, 0.25) is 0 Å². The van der Waals surface area contributed by atoms with E-state index < -0.39 is 0 Å². The zero-order valence-corrected chi connectivity index (χ0v) is 10.3. The summed E-state index contributed by atoms with van der Waals surface area (Å²) in [7, 11) is 1.96. The summed E-state index contributed by atoms with van der Waals surface area (Å²) in [6.45, 7) is 14.0. The summed E-state index contributed by atoms with van der Waals surface area (Å²) in [5.41, 5.74) is 0.0989. The minimum Gasteiger partial charge on any atom is -0.376 e. The van der Waals surface area contributed by atoms with E-state index >= 15 is 0 Å². The SMILES string of the molecule is C=CC(C)(CCOC(C)(C)C)CNC. The van der Waals surface area contributed by atoms with Crippen LogP contribution in [0.4, 0.5) is 0 Å². The topological polar surface area (TPSA) is 21.3 Å². The fourth-order valence-electron chi connectivity index (χ4n) is 1.26. The molecule has 0 radical (unpaired) electrons. The van der Waals surface area contributed by atoms with E-state index in [9.17, 15) is 0 Å². The number of hydrogen-bond donors (Lipinski definition) is 1. The lowest BCUT2D eigenvalue weighted by atomic mass is 9.87. The van der Waals surface area contributed by atoms with Crippen molar-refractivity contribution < 1.29 is 4.74 Å². The van der Waals surface area contributed by atoms with Gasteiger partial charge in [0.1, 0.15) is 0 Å². The summed E-state index contributed by atoms with van der Waals surface area (Å²) in [6.07, 6.45) is 3.02. The van der Waals surface area contributed by atoms with Crippen LogP contribution < -0.4 is 5.32 Å². The van der Waals surface area contributed by atoms with Crippen molar-refractivity contribution in [3.05, 3.63) is 12.7 Å². The molecular formula is C12H25NO. The molecule has 1 unspecified atom stereocenters. The van der Waals surface area contributed by atoms with Gasteiger partial charge in [-0.1, -0.05) is 13.0 Å². The molecule has 0 amide bonds. The van der Waals surface area contributed by atoms with Gasteiger partial charge in [-0.2, -0.15) is 0 Å². The van der Waals surface area contributed by atoms with E-state index in [0.717, 1.165) is 19.6 Å². The molecule has 0 aromatic carbocycles. The van der Waals surface area contributed by atoms with Crippen LogP contribution in [0.3, 0.4) is 0 Å². The lowest BCUT2D eigenvalue weighted by molar-refractivity contribution is -0.0129. The van der Waals surface area contributed by atoms with E-state index in [4.69, 9.17) is 4.74 Å². The molecule has 0 aliphatic carbocycles. The summed E-state index contributed by atoms with van der Waals surface area (Å²) in [4.78, 5) is 0. The highest BCUT2D eigenvalue weighted by atomic mass is 16.5. The van der Waals surface area contributed by atoms with Gasteiger partial charge in [-0.3, -0.25) is 0 Å². The second-order valence-electron chi connectivity index (χ2n) is 5.10. The maximum absolute atomic E-state index is 5.70. The quantitative estimate of drug-likeness (QED) is 0.664. The molecular weight excluding hydrogens is 174 g/mol. The van der Waals surface area contributed by atoms with E-state index in [0.29, 0.717) is 0 Å². The Bertz CT molecular complexity index is 172. The maximum Gasteiger partial charge on any atom is 0.0598 e. The normalized spacial score (nSPS) is 16.4. The van der Waals surface area contributed by atoms with Crippen LogP contribution >= 0.6 is 0 Å². The lowest BCUT2D eigenvalue weighted by Gasteiger charge is -2.27. The average molecular weight is 199 g/mol. The first-order chi connectivity index (χ1) is 6.33. The van der Waals surface area contributed by atoms with Gasteiger partial charge in [0.15, 0.2) is 0 Å². The zero-order chi connectivity index (χ0) is 11.2. The predicted molar refractivity (Wildman–Crippen MR) is 62.6 cm³/mol. The average Bonchev–Trinajstić information content (AvgIpc) is 2.02. The van der Waals surface area contributed by atoms with Crippen molar-refractivity contribution in [1.29, 1.82) is 0 Å². The molecule has 2 heteroatoms. The summed E-state index contributed by atoms with van der Waals surface area (Å²) in [5.74, 6) is 0. The highest BCUT2D eigenvalue weighted by Crippen LogP contribution is 2.22. The van der Waals surface area contributed by atoms with Crippen molar-refractivity contribution in [1.82, 2.24) is 5.32 Å². The number of ether oxygens (including phenoxy) is 1. The molecule has 2 nitrogen and oxygen atoms in total. The van der Waals surface area contributed by atoms with Gasteiger partial charge in [0.05, 0.1) is 5.60 Å². The van der Waals surface area contributed by atoms with Crippen LogP contribution in [0.15, 0.2) is 12.7 Å². The van der Waals surface area contributed by atoms with Gasteiger partial charge in [-0.15, -0.1) is 6.58 Å². The van der Waals surface area contributed by atoms with Crippen LogP contribution in [-0.4, -0.2) is 25.8 Å². The fourth-order valence-corrected chi connectivity index (χ4v) is 1.26. The summed E-state index contributed by atoms with van der Waals surface area (Å²) < 4.78 is 5.70. The maximum atomic E-state index is 5.70. The zero-order valence-electron chi connectivity index (χ0n) is 10.3. The minimum absolute atomic E-state index is 0.0400.